The van der Waals surface area contributed by atoms with Crippen molar-refractivity contribution in [1.82, 2.24) is 0 Å². The van der Waals surface area contributed by atoms with Crippen molar-refractivity contribution in [2.45, 2.75) is 65.2 Å². The summed E-state index contributed by atoms with van der Waals surface area (Å²) >= 11 is 2.28. The number of Topliss-reactive ketones (excluding diaryl/α,β-unsaturated/α-hetero) is 1. The molecule has 0 fully saturated rings. The van der Waals surface area contributed by atoms with Crippen LogP contribution in [0.2, 0.25) is 0 Å². The van der Waals surface area contributed by atoms with Crippen molar-refractivity contribution in [3.8, 4) is 0 Å². The van der Waals surface area contributed by atoms with Crippen molar-refractivity contribution in [1.29, 1.82) is 0 Å². The van der Waals surface area contributed by atoms with Crippen LogP contribution in [0.5, 0.6) is 0 Å². The summed E-state index contributed by atoms with van der Waals surface area (Å²) in [6.45, 7) is 4.30. The number of halogens is 1. The molecule has 0 aliphatic heterocycles. The molecule has 106 valence electrons. The van der Waals surface area contributed by atoms with E-state index in [9.17, 15) is 4.79 Å². The van der Waals surface area contributed by atoms with Crippen molar-refractivity contribution in [3.63, 3.8) is 0 Å². The van der Waals surface area contributed by atoms with Crippen LogP contribution >= 0.6 is 22.6 Å². The molecule has 2 heteroatoms. The second-order valence-corrected chi connectivity index (χ2v) is 6.31. The Kier molecular flexibility index (Phi) is 8.35. The van der Waals surface area contributed by atoms with Crippen LogP contribution in [0, 0.1) is 10.5 Å². The van der Waals surface area contributed by atoms with Crippen LogP contribution in [0.15, 0.2) is 18.2 Å². The summed E-state index contributed by atoms with van der Waals surface area (Å²) in [7, 11) is 0. The lowest BCUT2D eigenvalue weighted by Gasteiger charge is -2.06. The Bertz CT molecular complexity index is 398. The molecule has 1 nitrogen and oxygen atoms in total. The van der Waals surface area contributed by atoms with Gasteiger partial charge in [0.25, 0.3) is 0 Å². The SMILES string of the molecule is CCCCCCCCCC(=O)c1cccc(C)c1I. The zero-order chi connectivity index (χ0) is 14.1. The first kappa shape index (κ1) is 16.7. The Morgan fingerprint density at radius 1 is 1.05 bits per heavy atom. The molecule has 0 atom stereocenters. The highest BCUT2D eigenvalue weighted by atomic mass is 127. The Morgan fingerprint density at radius 2 is 1.68 bits per heavy atom. The highest BCUT2D eigenvalue weighted by Gasteiger charge is 2.10. The van der Waals surface area contributed by atoms with E-state index in [1.807, 2.05) is 12.1 Å². The van der Waals surface area contributed by atoms with Gasteiger partial charge < -0.3 is 0 Å². The molecule has 0 amide bonds. The predicted octanol–water partition coefficient (Wildman–Crippen LogP) is 5.92. The fraction of sp³-hybridized carbons (Fsp3) is 0.588. The zero-order valence-electron chi connectivity index (χ0n) is 12.2. The van der Waals surface area contributed by atoms with Gasteiger partial charge in [0.15, 0.2) is 5.78 Å². The average Bonchev–Trinajstić information content (AvgIpc) is 2.40. The van der Waals surface area contributed by atoms with Crippen molar-refractivity contribution in [3.05, 3.63) is 32.9 Å². The van der Waals surface area contributed by atoms with Crippen LogP contribution in [0.25, 0.3) is 0 Å². The molecule has 1 rings (SSSR count). The molecule has 0 aliphatic rings. The normalized spacial score (nSPS) is 10.7. The van der Waals surface area contributed by atoms with Gasteiger partial charge in [0.05, 0.1) is 0 Å². The Balaban J connectivity index is 2.26. The van der Waals surface area contributed by atoms with Crippen molar-refractivity contribution in [2.24, 2.45) is 0 Å². The highest BCUT2D eigenvalue weighted by Crippen LogP contribution is 2.19. The first-order chi connectivity index (χ1) is 9.16. The summed E-state index contributed by atoms with van der Waals surface area (Å²) in [5, 5.41) is 0. The van der Waals surface area contributed by atoms with Gasteiger partial charge in [-0.2, -0.15) is 0 Å². The smallest absolute Gasteiger partial charge is 0.163 e. The number of unbranched alkanes of at least 4 members (excludes halogenated alkanes) is 6. The fourth-order valence-corrected chi connectivity index (χ4v) is 2.90. The first-order valence-electron chi connectivity index (χ1n) is 7.45. The molecule has 0 aromatic heterocycles. The minimum Gasteiger partial charge on any atom is -0.294 e. The predicted molar refractivity (Wildman–Crippen MR) is 90.8 cm³/mol. The fourth-order valence-electron chi connectivity index (χ4n) is 2.24. The largest absolute Gasteiger partial charge is 0.294 e. The van der Waals surface area contributed by atoms with E-state index in [1.165, 1.54) is 44.1 Å². The van der Waals surface area contributed by atoms with Crippen molar-refractivity contribution in [2.75, 3.05) is 0 Å². The van der Waals surface area contributed by atoms with E-state index < -0.39 is 0 Å². The van der Waals surface area contributed by atoms with Gasteiger partial charge in [-0.3, -0.25) is 4.79 Å². The maximum atomic E-state index is 12.1. The van der Waals surface area contributed by atoms with Crippen molar-refractivity contribution < 1.29 is 4.79 Å². The van der Waals surface area contributed by atoms with Gasteiger partial charge in [0.1, 0.15) is 0 Å². The Hall–Kier alpha value is -0.380. The van der Waals surface area contributed by atoms with Crippen LogP contribution in [-0.4, -0.2) is 5.78 Å². The van der Waals surface area contributed by atoms with Gasteiger partial charge in [-0.05, 0) is 41.5 Å². The minimum absolute atomic E-state index is 0.307. The van der Waals surface area contributed by atoms with Gasteiger partial charge in [0, 0.05) is 15.6 Å². The van der Waals surface area contributed by atoms with E-state index in [1.54, 1.807) is 0 Å². The van der Waals surface area contributed by atoms with E-state index in [0.29, 0.717) is 12.2 Å². The molecule has 0 aliphatic carbocycles. The third-order valence-corrected chi connectivity index (χ3v) is 4.93. The standard InChI is InChI=1S/C17H25IO/c1-3-4-5-6-7-8-9-13-16(19)15-12-10-11-14(2)17(15)18/h10-12H,3-9,13H2,1-2H3. The maximum Gasteiger partial charge on any atom is 0.163 e. The van der Waals surface area contributed by atoms with Gasteiger partial charge in [0.2, 0.25) is 0 Å². The minimum atomic E-state index is 0.307. The molecule has 0 saturated heterocycles. The second kappa shape index (κ2) is 9.51. The lowest BCUT2D eigenvalue weighted by molar-refractivity contribution is 0.0978. The number of carbonyl (C=O) groups is 1. The molecule has 0 N–H and O–H groups in total. The summed E-state index contributed by atoms with van der Waals surface area (Å²) in [6, 6.07) is 6.00. The number of benzene rings is 1. The van der Waals surface area contributed by atoms with Crippen LogP contribution in [0.3, 0.4) is 0 Å². The number of rotatable bonds is 9. The van der Waals surface area contributed by atoms with E-state index in [4.69, 9.17) is 0 Å². The Morgan fingerprint density at radius 3 is 2.37 bits per heavy atom. The van der Waals surface area contributed by atoms with Gasteiger partial charge in [-0.15, -0.1) is 0 Å². The third kappa shape index (κ3) is 6.07. The number of hydrogen-bond donors (Lipinski definition) is 0. The van der Waals surface area contributed by atoms with Gasteiger partial charge in [-0.25, -0.2) is 0 Å². The summed E-state index contributed by atoms with van der Waals surface area (Å²) in [5.74, 6) is 0.307. The summed E-state index contributed by atoms with van der Waals surface area (Å²) in [6.07, 6.45) is 9.52. The van der Waals surface area contributed by atoms with Crippen LogP contribution < -0.4 is 0 Å². The van der Waals surface area contributed by atoms with E-state index in [0.717, 1.165) is 15.6 Å². The van der Waals surface area contributed by atoms with Crippen molar-refractivity contribution >= 4 is 28.4 Å². The molecular formula is C17H25IO. The van der Waals surface area contributed by atoms with Crippen LogP contribution in [0.4, 0.5) is 0 Å². The van der Waals surface area contributed by atoms with E-state index >= 15 is 0 Å². The van der Waals surface area contributed by atoms with Crippen LogP contribution in [-0.2, 0) is 0 Å². The highest BCUT2D eigenvalue weighted by molar-refractivity contribution is 14.1. The van der Waals surface area contributed by atoms with E-state index in [2.05, 4.69) is 42.5 Å². The van der Waals surface area contributed by atoms with Gasteiger partial charge in [-0.1, -0.05) is 63.6 Å². The van der Waals surface area contributed by atoms with E-state index in [-0.39, 0.29) is 0 Å². The molecule has 0 radical (unpaired) electrons. The zero-order valence-corrected chi connectivity index (χ0v) is 14.3. The number of hydrogen-bond acceptors (Lipinski definition) is 1. The summed E-state index contributed by atoms with van der Waals surface area (Å²) in [5.41, 5.74) is 2.11. The summed E-state index contributed by atoms with van der Waals surface area (Å²) in [4.78, 5) is 12.1. The lowest BCUT2D eigenvalue weighted by Crippen LogP contribution is -2.02. The summed E-state index contributed by atoms with van der Waals surface area (Å²) < 4.78 is 1.12. The third-order valence-electron chi connectivity index (χ3n) is 3.50. The molecule has 0 spiro atoms. The molecule has 0 unspecified atom stereocenters. The average molecular weight is 372 g/mol. The monoisotopic (exact) mass is 372 g/mol. The number of aryl methyl sites for hydroxylation is 1. The van der Waals surface area contributed by atoms with Crippen LogP contribution in [0.1, 0.15) is 74.2 Å². The maximum absolute atomic E-state index is 12.1. The molecule has 19 heavy (non-hydrogen) atoms. The molecular weight excluding hydrogens is 347 g/mol. The first-order valence-corrected chi connectivity index (χ1v) is 8.53. The molecule has 0 bridgehead atoms. The molecule has 1 aromatic carbocycles. The Labute approximate surface area is 131 Å². The second-order valence-electron chi connectivity index (χ2n) is 5.23. The number of ketones is 1. The molecule has 0 heterocycles. The van der Waals surface area contributed by atoms with Gasteiger partial charge >= 0.3 is 0 Å². The lowest BCUT2D eigenvalue weighted by atomic mass is 10.0. The molecule has 0 saturated carbocycles. The molecule has 1 aromatic rings. The quantitative estimate of drug-likeness (QED) is 0.299. The number of carbonyl (C=O) groups excluding carboxylic acids is 1. The topological polar surface area (TPSA) is 17.1 Å².